The number of benzene rings is 2. The van der Waals surface area contributed by atoms with E-state index < -0.39 is 0 Å². The number of pyridine rings is 1. The smallest absolute Gasteiger partial charge is 0.314 e. The Morgan fingerprint density at radius 1 is 1.18 bits per heavy atom. The summed E-state index contributed by atoms with van der Waals surface area (Å²) in [7, 11) is 0. The van der Waals surface area contributed by atoms with Crippen molar-refractivity contribution in [3.8, 4) is 16.9 Å². The number of ether oxygens (including phenoxy) is 1. The molecule has 0 aliphatic carbocycles. The molecule has 5 rings (SSSR count). The minimum Gasteiger partial charge on any atom is -0.487 e. The number of primary amides is 1. The Morgan fingerprint density at radius 2 is 2.00 bits per heavy atom. The van der Waals surface area contributed by atoms with Crippen LogP contribution in [0.2, 0.25) is 0 Å². The summed E-state index contributed by atoms with van der Waals surface area (Å²) in [5, 5.41) is 1.16. The SMILES string of the molecule is Cc1c(-c2ccc3c(c2)CC2(CCN(C(N)=O)CC2)O3)ccc2cccnc12. The van der Waals surface area contributed by atoms with Gasteiger partial charge in [0.15, 0.2) is 0 Å². The second kappa shape index (κ2) is 6.23. The zero-order valence-corrected chi connectivity index (χ0v) is 15.9. The van der Waals surface area contributed by atoms with Crippen LogP contribution in [0.1, 0.15) is 24.0 Å². The Kier molecular flexibility index (Phi) is 3.79. The lowest BCUT2D eigenvalue weighted by Gasteiger charge is -2.37. The molecule has 142 valence electrons. The summed E-state index contributed by atoms with van der Waals surface area (Å²) in [6.45, 7) is 3.45. The number of nitrogens with two attached hydrogens (primary N) is 1. The Bertz CT molecular complexity index is 1080. The molecule has 1 fully saturated rings. The van der Waals surface area contributed by atoms with E-state index >= 15 is 0 Å². The molecule has 3 aromatic rings. The molecule has 5 heteroatoms. The molecule has 0 radical (unpaired) electrons. The minimum atomic E-state index is -0.340. The maximum atomic E-state index is 11.4. The molecular weight excluding hydrogens is 350 g/mol. The molecule has 1 spiro atoms. The van der Waals surface area contributed by atoms with Crippen LogP contribution in [0.3, 0.4) is 0 Å². The number of hydrogen-bond donors (Lipinski definition) is 1. The minimum absolute atomic E-state index is 0.201. The highest BCUT2D eigenvalue weighted by Gasteiger charge is 2.42. The summed E-state index contributed by atoms with van der Waals surface area (Å²) in [5.74, 6) is 0.966. The van der Waals surface area contributed by atoms with Crippen LogP contribution < -0.4 is 10.5 Å². The highest BCUT2D eigenvalue weighted by Crippen LogP contribution is 2.43. The number of fused-ring (bicyclic) bond motifs is 2. The lowest BCUT2D eigenvalue weighted by molar-refractivity contribution is 0.0314. The molecule has 0 saturated carbocycles. The van der Waals surface area contributed by atoms with Gasteiger partial charge in [-0.25, -0.2) is 4.79 Å². The van der Waals surface area contributed by atoms with Crippen LogP contribution in [-0.4, -0.2) is 34.6 Å². The maximum absolute atomic E-state index is 11.4. The number of hydrogen-bond acceptors (Lipinski definition) is 3. The van der Waals surface area contributed by atoms with Gasteiger partial charge in [-0.15, -0.1) is 0 Å². The van der Waals surface area contributed by atoms with Crippen LogP contribution in [0.25, 0.3) is 22.0 Å². The lowest BCUT2D eigenvalue weighted by Crippen LogP contribution is -2.50. The monoisotopic (exact) mass is 373 g/mol. The third-order valence-electron chi connectivity index (χ3n) is 6.22. The van der Waals surface area contributed by atoms with Crippen molar-refractivity contribution in [2.75, 3.05) is 13.1 Å². The van der Waals surface area contributed by atoms with E-state index in [1.807, 2.05) is 12.3 Å². The third kappa shape index (κ3) is 2.70. The summed E-state index contributed by atoms with van der Waals surface area (Å²) in [5.41, 5.74) is 11.1. The van der Waals surface area contributed by atoms with E-state index in [9.17, 15) is 4.79 Å². The number of carbonyl (C=O) groups excluding carboxylic acids is 1. The number of piperidine rings is 1. The molecule has 0 unspecified atom stereocenters. The van der Waals surface area contributed by atoms with Crippen LogP contribution in [0.4, 0.5) is 4.79 Å². The van der Waals surface area contributed by atoms with Gasteiger partial charge in [0.2, 0.25) is 0 Å². The number of amides is 2. The number of urea groups is 1. The van der Waals surface area contributed by atoms with Crippen LogP contribution in [-0.2, 0) is 6.42 Å². The van der Waals surface area contributed by atoms with Crippen molar-refractivity contribution in [2.45, 2.75) is 31.8 Å². The summed E-state index contributed by atoms with van der Waals surface area (Å²) in [6.07, 6.45) is 4.36. The van der Waals surface area contributed by atoms with Gasteiger partial charge in [-0.3, -0.25) is 4.98 Å². The van der Waals surface area contributed by atoms with Crippen molar-refractivity contribution in [2.24, 2.45) is 5.73 Å². The normalized spacial score (nSPS) is 17.5. The van der Waals surface area contributed by atoms with Crippen LogP contribution in [0.15, 0.2) is 48.7 Å². The van der Waals surface area contributed by atoms with Gasteiger partial charge in [0.05, 0.1) is 5.52 Å². The van der Waals surface area contributed by atoms with Gasteiger partial charge in [-0.1, -0.05) is 24.3 Å². The van der Waals surface area contributed by atoms with Gasteiger partial charge in [0, 0.05) is 43.9 Å². The van der Waals surface area contributed by atoms with E-state index in [2.05, 4.69) is 48.3 Å². The van der Waals surface area contributed by atoms with Gasteiger partial charge in [0.1, 0.15) is 11.4 Å². The van der Waals surface area contributed by atoms with Crippen molar-refractivity contribution >= 4 is 16.9 Å². The Morgan fingerprint density at radius 3 is 2.79 bits per heavy atom. The number of carbonyl (C=O) groups is 1. The van der Waals surface area contributed by atoms with Gasteiger partial charge < -0.3 is 15.4 Å². The first kappa shape index (κ1) is 17.0. The molecule has 2 aliphatic heterocycles. The quantitative estimate of drug-likeness (QED) is 0.699. The van der Waals surface area contributed by atoms with Crippen molar-refractivity contribution in [3.05, 3.63) is 59.8 Å². The molecule has 2 aromatic carbocycles. The topological polar surface area (TPSA) is 68.5 Å². The third-order valence-corrected chi connectivity index (χ3v) is 6.22. The van der Waals surface area contributed by atoms with Gasteiger partial charge >= 0.3 is 6.03 Å². The van der Waals surface area contributed by atoms with E-state index in [4.69, 9.17) is 10.5 Å². The van der Waals surface area contributed by atoms with Crippen molar-refractivity contribution < 1.29 is 9.53 Å². The summed E-state index contributed by atoms with van der Waals surface area (Å²) in [4.78, 5) is 17.7. The molecule has 5 nitrogen and oxygen atoms in total. The molecule has 28 heavy (non-hydrogen) atoms. The maximum Gasteiger partial charge on any atom is 0.314 e. The fourth-order valence-corrected chi connectivity index (χ4v) is 4.62. The van der Waals surface area contributed by atoms with E-state index in [0.29, 0.717) is 13.1 Å². The second-order valence-electron chi connectivity index (χ2n) is 7.92. The summed E-state index contributed by atoms with van der Waals surface area (Å²) < 4.78 is 6.36. The van der Waals surface area contributed by atoms with E-state index in [0.717, 1.165) is 35.9 Å². The number of aryl methyl sites for hydroxylation is 1. The average Bonchev–Trinajstić information content (AvgIpc) is 3.05. The average molecular weight is 373 g/mol. The standard InChI is InChI=1S/C23H23N3O2/c1-15-19(6-4-16-3-2-10-25-21(15)16)17-5-7-20-18(13-17)14-23(28-20)8-11-26(12-9-23)22(24)27/h2-7,10,13H,8-9,11-12,14H2,1H3,(H2,24,27). The van der Waals surface area contributed by atoms with Crippen molar-refractivity contribution in [1.82, 2.24) is 9.88 Å². The van der Waals surface area contributed by atoms with E-state index in [-0.39, 0.29) is 11.6 Å². The predicted molar refractivity (Wildman–Crippen MR) is 109 cm³/mol. The highest BCUT2D eigenvalue weighted by molar-refractivity contribution is 5.88. The fraction of sp³-hybridized carbons (Fsp3) is 0.304. The van der Waals surface area contributed by atoms with Crippen molar-refractivity contribution in [1.29, 1.82) is 0 Å². The summed E-state index contributed by atoms with van der Waals surface area (Å²) in [6, 6.07) is 14.5. The Labute approximate surface area is 164 Å². The van der Waals surface area contributed by atoms with Crippen LogP contribution in [0.5, 0.6) is 5.75 Å². The highest BCUT2D eigenvalue weighted by atomic mass is 16.5. The lowest BCUT2D eigenvalue weighted by atomic mass is 9.86. The zero-order chi connectivity index (χ0) is 19.3. The number of nitrogens with zero attached hydrogens (tertiary/aromatic N) is 2. The first-order valence-electron chi connectivity index (χ1n) is 9.76. The first-order valence-corrected chi connectivity index (χ1v) is 9.76. The fourth-order valence-electron chi connectivity index (χ4n) is 4.62. The molecule has 1 saturated heterocycles. The Balaban J connectivity index is 1.45. The second-order valence-corrected chi connectivity index (χ2v) is 7.92. The molecule has 3 heterocycles. The molecule has 0 bridgehead atoms. The van der Waals surface area contributed by atoms with Crippen molar-refractivity contribution in [3.63, 3.8) is 0 Å². The number of aromatic nitrogens is 1. The first-order chi connectivity index (χ1) is 13.5. The molecule has 2 N–H and O–H groups in total. The van der Waals surface area contributed by atoms with Gasteiger partial charge in [-0.2, -0.15) is 0 Å². The van der Waals surface area contributed by atoms with Gasteiger partial charge in [0.25, 0.3) is 0 Å². The van der Waals surface area contributed by atoms with E-state index in [1.165, 1.54) is 22.3 Å². The molecular formula is C23H23N3O2. The number of likely N-dealkylation sites (tertiary alicyclic amines) is 1. The largest absolute Gasteiger partial charge is 0.487 e. The molecule has 2 amide bonds. The molecule has 1 aromatic heterocycles. The van der Waals surface area contributed by atoms with Crippen LogP contribution >= 0.6 is 0 Å². The van der Waals surface area contributed by atoms with E-state index in [1.54, 1.807) is 4.90 Å². The Hall–Kier alpha value is -3.08. The van der Waals surface area contributed by atoms with Gasteiger partial charge in [-0.05, 0) is 47.4 Å². The predicted octanol–water partition coefficient (Wildman–Crippen LogP) is 4.06. The summed E-state index contributed by atoms with van der Waals surface area (Å²) >= 11 is 0. The molecule has 2 aliphatic rings. The number of rotatable bonds is 1. The zero-order valence-electron chi connectivity index (χ0n) is 15.9. The molecule has 0 atom stereocenters. The van der Waals surface area contributed by atoms with Crippen LogP contribution in [0, 0.1) is 6.92 Å².